The fourth-order valence-electron chi connectivity index (χ4n) is 1.57. The van der Waals surface area contributed by atoms with Crippen LogP contribution in [0.25, 0.3) is 0 Å². The van der Waals surface area contributed by atoms with E-state index in [0.29, 0.717) is 0 Å². The summed E-state index contributed by atoms with van der Waals surface area (Å²) in [4.78, 5) is 2.03. The summed E-state index contributed by atoms with van der Waals surface area (Å²) < 4.78 is 0. The van der Waals surface area contributed by atoms with E-state index < -0.39 is 0 Å². The maximum Gasteiger partial charge on any atom is 0.0642 e. The maximum atomic E-state index is 6.19. The molecule has 1 aromatic carbocycles. The van der Waals surface area contributed by atoms with Crippen LogP contribution >= 0.6 is 11.6 Å². The van der Waals surface area contributed by atoms with E-state index in [1.165, 1.54) is 18.4 Å². The van der Waals surface area contributed by atoms with Gasteiger partial charge in [-0.2, -0.15) is 0 Å². The molecule has 0 atom stereocenters. The van der Waals surface area contributed by atoms with Crippen LogP contribution in [0.5, 0.6) is 0 Å². The molecule has 0 bridgehead atoms. The number of hydrogen-bond donors (Lipinski definition) is 1. The second kappa shape index (κ2) is 4.42. The molecule has 0 saturated heterocycles. The smallest absolute Gasteiger partial charge is 0.0642 e. The molecule has 0 heterocycles. The van der Waals surface area contributed by atoms with Crippen molar-refractivity contribution in [3.05, 3.63) is 28.8 Å². The summed E-state index contributed by atoms with van der Waals surface area (Å²) in [6.45, 7) is 0.929. The highest BCUT2D eigenvalue weighted by Gasteiger charge is 2.19. The first kappa shape index (κ1) is 10.8. The summed E-state index contributed by atoms with van der Waals surface area (Å²) in [7, 11) is 4.01. The number of benzene rings is 1. The first-order chi connectivity index (χ1) is 7.16. The van der Waals surface area contributed by atoms with Crippen LogP contribution in [-0.4, -0.2) is 20.1 Å². The molecule has 1 aliphatic rings. The van der Waals surface area contributed by atoms with Crippen LogP contribution in [0.3, 0.4) is 0 Å². The van der Waals surface area contributed by atoms with E-state index in [1.807, 2.05) is 25.1 Å². The quantitative estimate of drug-likeness (QED) is 0.846. The fraction of sp³-hybridized carbons (Fsp3) is 0.500. The lowest BCUT2D eigenvalue weighted by Crippen LogP contribution is -2.15. The van der Waals surface area contributed by atoms with Crippen LogP contribution in [0.2, 0.25) is 5.02 Å². The van der Waals surface area contributed by atoms with Gasteiger partial charge in [0, 0.05) is 26.7 Å². The lowest BCUT2D eigenvalue weighted by atomic mass is 10.2. The molecule has 1 saturated carbocycles. The van der Waals surface area contributed by atoms with E-state index in [1.54, 1.807) is 0 Å². The van der Waals surface area contributed by atoms with Crippen LogP contribution in [0.1, 0.15) is 18.4 Å². The highest BCUT2D eigenvalue weighted by molar-refractivity contribution is 6.33. The predicted octanol–water partition coefficient (Wildman–Crippen LogP) is 2.66. The minimum Gasteiger partial charge on any atom is -0.376 e. The molecule has 2 nitrogen and oxygen atoms in total. The van der Waals surface area contributed by atoms with Crippen LogP contribution in [0.15, 0.2) is 18.2 Å². The van der Waals surface area contributed by atoms with Gasteiger partial charge in [-0.3, -0.25) is 0 Å². The lowest BCUT2D eigenvalue weighted by molar-refractivity contribution is 0.688. The Morgan fingerprint density at radius 1 is 1.40 bits per heavy atom. The zero-order valence-corrected chi connectivity index (χ0v) is 10.0. The molecular weight excluding hydrogens is 208 g/mol. The average molecular weight is 225 g/mol. The van der Waals surface area contributed by atoms with E-state index in [4.69, 9.17) is 11.6 Å². The maximum absolute atomic E-state index is 6.19. The van der Waals surface area contributed by atoms with E-state index in [0.717, 1.165) is 23.3 Å². The molecule has 0 unspecified atom stereocenters. The Kier molecular flexibility index (Phi) is 3.17. The summed E-state index contributed by atoms with van der Waals surface area (Å²) >= 11 is 6.19. The molecule has 15 heavy (non-hydrogen) atoms. The zero-order chi connectivity index (χ0) is 10.8. The topological polar surface area (TPSA) is 15.3 Å². The van der Waals surface area contributed by atoms with Gasteiger partial charge in [0.05, 0.1) is 10.7 Å². The fourth-order valence-corrected chi connectivity index (χ4v) is 1.94. The van der Waals surface area contributed by atoms with E-state index in [9.17, 15) is 0 Å². The molecule has 82 valence electrons. The third-order valence-corrected chi connectivity index (χ3v) is 2.97. The van der Waals surface area contributed by atoms with E-state index in [-0.39, 0.29) is 0 Å². The Balaban J connectivity index is 2.03. The standard InChI is InChI=1S/C12H17ClN2/c1-15(2)12-6-3-9(7-11(12)13)8-14-10-4-5-10/h3,6-7,10,14H,4-5,8H2,1-2H3. The van der Waals surface area contributed by atoms with Gasteiger partial charge in [-0.15, -0.1) is 0 Å². The van der Waals surface area contributed by atoms with Gasteiger partial charge in [-0.05, 0) is 30.5 Å². The van der Waals surface area contributed by atoms with Gasteiger partial charge in [-0.25, -0.2) is 0 Å². The summed E-state index contributed by atoms with van der Waals surface area (Å²) in [5.41, 5.74) is 2.34. The Bertz CT molecular complexity index is 345. The van der Waals surface area contributed by atoms with Crippen molar-refractivity contribution in [3.8, 4) is 0 Å². The van der Waals surface area contributed by atoms with Crippen molar-refractivity contribution in [2.75, 3.05) is 19.0 Å². The summed E-state index contributed by atoms with van der Waals surface area (Å²) in [5.74, 6) is 0. The van der Waals surface area contributed by atoms with Crippen molar-refractivity contribution in [2.24, 2.45) is 0 Å². The zero-order valence-electron chi connectivity index (χ0n) is 9.26. The van der Waals surface area contributed by atoms with Crippen LogP contribution < -0.4 is 10.2 Å². The first-order valence-corrected chi connectivity index (χ1v) is 5.74. The SMILES string of the molecule is CN(C)c1ccc(CNC2CC2)cc1Cl. The molecule has 0 amide bonds. The molecule has 2 rings (SSSR count). The molecule has 0 aromatic heterocycles. The van der Waals surface area contributed by atoms with Crippen molar-refractivity contribution >= 4 is 17.3 Å². The van der Waals surface area contributed by atoms with Crippen molar-refractivity contribution in [2.45, 2.75) is 25.4 Å². The number of nitrogens with one attached hydrogen (secondary N) is 1. The molecule has 1 aromatic rings. The average Bonchev–Trinajstić information content (AvgIpc) is 2.97. The van der Waals surface area contributed by atoms with Crippen molar-refractivity contribution in [3.63, 3.8) is 0 Å². The monoisotopic (exact) mass is 224 g/mol. The predicted molar refractivity (Wildman–Crippen MR) is 65.6 cm³/mol. The minimum absolute atomic E-state index is 0.748. The van der Waals surface area contributed by atoms with Crippen LogP contribution in [0, 0.1) is 0 Å². The second-order valence-electron chi connectivity index (χ2n) is 4.34. The van der Waals surface area contributed by atoms with Gasteiger partial charge in [-0.1, -0.05) is 17.7 Å². The molecule has 3 heteroatoms. The summed E-state index contributed by atoms with van der Waals surface area (Å²) in [5, 5.41) is 4.31. The van der Waals surface area contributed by atoms with Crippen molar-refractivity contribution in [1.29, 1.82) is 0 Å². The molecule has 1 fully saturated rings. The third-order valence-electron chi connectivity index (χ3n) is 2.67. The number of hydrogen-bond acceptors (Lipinski definition) is 2. The molecular formula is C12H17ClN2. The Morgan fingerprint density at radius 3 is 2.67 bits per heavy atom. The first-order valence-electron chi connectivity index (χ1n) is 5.36. The molecule has 0 aliphatic heterocycles. The van der Waals surface area contributed by atoms with Gasteiger partial charge >= 0.3 is 0 Å². The molecule has 0 spiro atoms. The minimum atomic E-state index is 0.748. The van der Waals surface area contributed by atoms with Crippen molar-refractivity contribution in [1.82, 2.24) is 5.32 Å². The highest BCUT2D eigenvalue weighted by atomic mass is 35.5. The number of rotatable bonds is 4. The summed E-state index contributed by atoms with van der Waals surface area (Å²) in [6.07, 6.45) is 2.65. The van der Waals surface area contributed by atoms with Crippen LogP contribution in [0.4, 0.5) is 5.69 Å². The third kappa shape index (κ3) is 2.86. The van der Waals surface area contributed by atoms with Gasteiger partial charge < -0.3 is 10.2 Å². The Hall–Kier alpha value is -0.730. The molecule has 1 aliphatic carbocycles. The highest BCUT2D eigenvalue weighted by Crippen LogP contribution is 2.26. The Morgan fingerprint density at radius 2 is 2.13 bits per heavy atom. The normalized spacial score (nSPS) is 15.4. The Labute approximate surface area is 96.2 Å². The number of nitrogens with zero attached hydrogens (tertiary/aromatic N) is 1. The van der Waals surface area contributed by atoms with Crippen LogP contribution in [-0.2, 0) is 6.54 Å². The largest absolute Gasteiger partial charge is 0.376 e. The lowest BCUT2D eigenvalue weighted by Gasteiger charge is -2.15. The number of anilines is 1. The summed E-state index contributed by atoms with van der Waals surface area (Å²) in [6, 6.07) is 7.01. The van der Waals surface area contributed by atoms with Gasteiger partial charge in [0.25, 0.3) is 0 Å². The van der Waals surface area contributed by atoms with E-state index in [2.05, 4.69) is 17.4 Å². The van der Waals surface area contributed by atoms with Gasteiger partial charge in [0.2, 0.25) is 0 Å². The molecule has 0 radical (unpaired) electrons. The van der Waals surface area contributed by atoms with E-state index >= 15 is 0 Å². The van der Waals surface area contributed by atoms with Gasteiger partial charge in [0.1, 0.15) is 0 Å². The second-order valence-corrected chi connectivity index (χ2v) is 4.74. The molecule has 1 N–H and O–H groups in total. The number of halogens is 1. The van der Waals surface area contributed by atoms with Crippen molar-refractivity contribution < 1.29 is 0 Å². The van der Waals surface area contributed by atoms with Gasteiger partial charge in [0.15, 0.2) is 0 Å².